The number of halogens is 1. The Balaban J connectivity index is 1.68. The van der Waals surface area contributed by atoms with Crippen LogP contribution in [0.4, 0.5) is 4.39 Å². The molecule has 1 saturated heterocycles. The van der Waals surface area contributed by atoms with Crippen molar-refractivity contribution >= 4 is 0 Å². The summed E-state index contributed by atoms with van der Waals surface area (Å²) < 4.78 is 13.9. The van der Waals surface area contributed by atoms with Crippen molar-refractivity contribution in [2.24, 2.45) is 0 Å². The lowest BCUT2D eigenvalue weighted by Gasteiger charge is -2.23. The van der Waals surface area contributed by atoms with Gasteiger partial charge in [-0.1, -0.05) is 18.6 Å². The van der Waals surface area contributed by atoms with E-state index in [1.54, 1.807) is 6.07 Å². The normalized spacial score (nSPS) is 24.9. The standard InChI is InChI=1S/C15H20FN/c16-15-10-11(4-7-14(15)12-5-6-12)9-13-3-1-2-8-17-13/h4,7,10,12-13,17H,1-3,5-6,8-9H2. The van der Waals surface area contributed by atoms with E-state index in [0.29, 0.717) is 12.0 Å². The lowest BCUT2D eigenvalue weighted by Crippen LogP contribution is -2.35. The Morgan fingerprint density at radius 2 is 2.06 bits per heavy atom. The molecule has 0 radical (unpaired) electrons. The monoisotopic (exact) mass is 233 g/mol. The minimum atomic E-state index is 0.0146. The van der Waals surface area contributed by atoms with Crippen LogP contribution in [0.1, 0.15) is 49.1 Å². The molecule has 1 unspecified atom stereocenters. The van der Waals surface area contributed by atoms with Crippen LogP contribution in [0.25, 0.3) is 0 Å². The second-order valence-corrected chi connectivity index (χ2v) is 5.48. The molecule has 1 aliphatic carbocycles. The number of hydrogen-bond donors (Lipinski definition) is 1. The molecule has 0 spiro atoms. The lowest BCUT2D eigenvalue weighted by atomic mass is 9.96. The average molecular weight is 233 g/mol. The minimum absolute atomic E-state index is 0.0146. The molecule has 2 heteroatoms. The van der Waals surface area contributed by atoms with Gasteiger partial charge in [0.2, 0.25) is 0 Å². The number of piperidine rings is 1. The van der Waals surface area contributed by atoms with E-state index >= 15 is 0 Å². The summed E-state index contributed by atoms with van der Waals surface area (Å²) in [5, 5.41) is 3.51. The molecule has 2 fully saturated rings. The molecule has 2 aliphatic rings. The first kappa shape index (κ1) is 11.2. The van der Waals surface area contributed by atoms with Crippen LogP contribution in [-0.2, 0) is 6.42 Å². The van der Waals surface area contributed by atoms with Gasteiger partial charge in [-0.05, 0) is 61.8 Å². The highest BCUT2D eigenvalue weighted by molar-refractivity contribution is 5.30. The Labute approximate surface area is 102 Å². The predicted molar refractivity (Wildman–Crippen MR) is 67.7 cm³/mol. The van der Waals surface area contributed by atoms with E-state index < -0.39 is 0 Å². The zero-order valence-corrected chi connectivity index (χ0v) is 10.2. The van der Waals surface area contributed by atoms with Gasteiger partial charge in [-0.2, -0.15) is 0 Å². The molecular formula is C15H20FN. The first-order valence-corrected chi connectivity index (χ1v) is 6.84. The fourth-order valence-electron chi connectivity index (χ4n) is 2.81. The highest BCUT2D eigenvalue weighted by Crippen LogP contribution is 2.41. The van der Waals surface area contributed by atoms with Crippen LogP contribution in [0.2, 0.25) is 0 Å². The predicted octanol–water partition coefficient (Wildman–Crippen LogP) is 3.39. The molecule has 1 atom stereocenters. The molecule has 1 heterocycles. The third-order valence-electron chi connectivity index (χ3n) is 3.98. The van der Waals surface area contributed by atoms with Gasteiger partial charge in [0.05, 0.1) is 0 Å². The second-order valence-electron chi connectivity index (χ2n) is 5.48. The van der Waals surface area contributed by atoms with Gasteiger partial charge in [0.1, 0.15) is 5.82 Å². The van der Waals surface area contributed by atoms with Gasteiger partial charge >= 0.3 is 0 Å². The Bertz CT molecular complexity index is 392. The third-order valence-corrected chi connectivity index (χ3v) is 3.98. The molecule has 1 aliphatic heterocycles. The van der Waals surface area contributed by atoms with Crippen molar-refractivity contribution in [2.45, 2.75) is 50.5 Å². The quantitative estimate of drug-likeness (QED) is 0.844. The van der Waals surface area contributed by atoms with Crippen LogP contribution < -0.4 is 5.32 Å². The Kier molecular flexibility index (Phi) is 3.15. The molecular weight excluding hydrogens is 213 g/mol. The maximum Gasteiger partial charge on any atom is 0.126 e. The largest absolute Gasteiger partial charge is 0.314 e. The smallest absolute Gasteiger partial charge is 0.126 e. The SMILES string of the molecule is Fc1cc(CC2CCCCN2)ccc1C1CC1. The molecule has 0 amide bonds. The van der Waals surface area contributed by atoms with E-state index in [0.717, 1.165) is 24.1 Å². The molecule has 1 aromatic carbocycles. The van der Waals surface area contributed by atoms with Crippen molar-refractivity contribution in [1.82, 2.24) is 5.32 Å². The van der Waals surface area contributed by atoms with Crippen molar-refractivity contribution < 1.29 is 4.39 Å². The fraction of sp³-hybridized carbons (Fsp3) is 0.600. The van der Waals surface area contributed by atoms with Crippen molar-refractivity contribution in [1.29, 1.82) is 0 Å². The highest BCUT2D eigenvalue weighted by Gasteiger charge is 2.26. The summed E-state index contributed by atoms with van der Waals surface area (Å²) >= 11 is 0. The average Bonchev–Trinajstić information content (AvgIpc) is 3.15. The summed E-state index contributed by atoms with van der Waals surface area (Å²) in [5.74, 6) is 0.526. The number of hydrogen-bond acceptors (Lipinski definition) is 1. The van der Waals surface area contributed by atoms with Gasteiger partial charge < -0.3 is 5.32 Å². The number of benzene rings is 1. The minimum Gasteiger partial charge on any atom is -0.314 e. The van der Waals surface area contributed by atoms with Crippen LogP contribution in [0.15, 0.2) is 18.2 Å². The summed E-state index contributed by atoms with van der Waals surface area (Å²) in [4.78, 5) is 0. The van der Waals surface area contributed by atoms with Crippen molar-refractivity contribution in [3.63, 3.8) is 0 Å². The second kappa shape index (κ2) is 4.77. The Morgan fingerprint density at radius 1 is 1.18 bits per heavy atom. The van der Waals surface area contributed by atoms with Crippen LogP contribution in [0, 0.1) is 5.82 Å². The van der Waals surface area contributed by atoms with E-state index in [1.807, 2.05) is 6.07 Å². The van der Waals surface area contributed by atoms with E-state index in [9.17, 15) is 4.39 Å². The molecule has 3 rings (SSSR count). The van der Waals surface area contributed by atoms with E-state index in [4.69, 9.17) is 0 Å². The third kappa shape index (κ3) is 2.68. The Hall–Kier alpha value is -0.890. The van der Waals surface area contributed by atoms with Crippen LogP contribution >= 0.6 is 0 Å². The zero-order valence-electron chi connectivity index (χ0n) is 10.2. The topological polar surface area (TPSA) is 12.0 Å². The van der Waals surface area contributed by atoms with E-state index in [2.05, 4.69) is 11.4 Å². The molecule has 1 N–H and O–H groups in total. The summed E-state index contributed by atoms with van der Waals surface area (Å²) in [6.07, 6.45) is 7.13. The van der Waals surface area contributed by atoms with Crippen molar-refractivity contribution in [3.05, 3.63) is 35.1 Å². The van der Waals surface area contributed by atoms with Gasteiger partial charge in [0, 0.05) is 6.04 Å². The Morgan fingerprint density at radius 3 is 2.71 bits per heavy atom. The first-order chi connectivity index (χ1) is 8.33. The zero-order chi connectivity index (χ0) is 11.7. The summed E-state index contributed by atoms with van der Waals surface area (Å²) in [7, 11) is 0. The highest BCUT2D eigenvalue weighted by atomic mass is 19.1. The van der Waals surface area contributed by atoms with Crippen molar-refractivity contribution in [3.8, 4) is 0 Å². The number of nitrogens with one attached hydrogen (secondary N) is 1. The summed E-state index contributed by atoms with van der Waals surface area (Å²) in [6, 6.07) is 6.43. The van der Waals surface area contributed by atoms with Gasteiger partial charge in [-0.15, -0.1) is 0 Å². The molecule has 17 heavy (non-hydrogen) atoms. The summed E-state index contributed by atoms with van der Waals surface area (Å²) in [5.41, 5.74) is 2.08. The van der Waals surface area contributed by atoms with Crippen LogP contribution in [0.3, 0.4) is 0 Å². The first-order valence-electron chi connectivity index (χ1n) is 6.84. The van der Waals surface area contributed by atoms with Gasteiger partial charge in [-0.3, -0.25) is 0 Å². The van der Waals surface area contributed by atoms with E-state index in [-0.39, 0.29) is 5.82 Å². The van der Waals surface area contributed by atoms with Gasteiger partial charge in [0.15, 0.2) is 0 Å². The maximum atomic E-state index is 13.9. The van der Waals surface area contributed by atoms with Crippen molar-refractivity contribution in [2.75, 3.05) is 6.54 Å². The molecule has 0 bridgehead atoms. The van der Waals surface area contributed by atoms with E-state index in [1.165, 1.54) is 32.1 Å². The van der Waals surface area contributed by atoms with Crippen LogP contribution in [-0.4, -0.2) is 12.6 Å². The van der Waals surface area contributed by atoms with Crippen LogP contribution in [0.5, 0.6) is 0 Å². The lowest BCUT2D eigenvalue weighted by molar-refractivity contribution is 0.399. The van der Waals surface area contributed by atoms with Gasteiger partial charge in [-0.25, -0.2) is 4.39 Å². The number of rotatable bonds is 3. The van der Waals surface area contributed by atoms with Gasteiger partial charge in [0.25, 0.3) is 0 Å². The molecule has 1 aromatic rings. The fourth-order valence-corrected chi connectivity index (χ4v) is 2.81. The summed E-state index contributed by atoms with van der Waals surface area (Å²) in [6.45, 7) is 1.12. The maximum absolute atomic E-state index is 13.9. The molecule has 92 valence electrons. The molecule has 1 saturated carbocycles. The molecule has 0 aromatic heterocycles. The molecule has 1 nitrogen and oxygen atoms in total.